The summed E-state index contributed by atoms with van der Waals surface area (Å²) in [5.41, 5.74) is 0. The molecule has 1 amide bonds. The molecule has 1 saturated heterocycles. The molecule has 2 aliphatic rings. The van der Waals surface area contributed by atoms with Crippen molar-refractivity contribution in [1.29, 1.82) is 0 Å². The largest absolute Gasteiger partial charge is 0.481 e. The molecule has 4 nitrogen and oxygen atoms in total. The van der Waals surface area contributed by atoms with Crippen molar-refractivity contribution in [3.8, 4) is 0 Å². The van der Waals surface area contributed by atoms with Crippen LogP contribution in [0.3, 0.4) is 0 Å². The van der Waals surface area contributed by atoms with Crippen molar-refractivity contribution in [3.05, 3.63) is 0 Å². The van der Waals surface area contributed by atoms with E-state index in [1.165, 1.54) is 6.42 Å². The lowest BCUT2D eigenvalue weighted by Gasteiger charge is -2.36. The van der Waals surface area contributed by atoms with Crippen molar-refractivity contribution in [2.45, 2.75) is 51.5 Å². The Bertz CT molecular complexity index is 314. The minimum atomic E-state index is -0.813. The summed E-state index contributed by atoms with van der Waals surface area (Å²) < 4.78 is 0. The number of carboxylic acids is 1. The van der Waals surface area contributed by atoms with E-state index in [0.717, 1.165) is 32.2 Å². The van der Waals surface area contributed by atoms with Gasteiger partial charge in [0.1, 0.15) is 0 Å². The number of aliphatic carboxylic acids is 1. The van der Waals surface area contributed by atoms with E-state index in [1.54, 1.807) is 0 Å². The van der Waals surface area contributed by atoms with Crippen molar-refractivity contribution in [1.82, 2.24) is 4.90 Å². The van der Waals surface area contributed by atoms with Crippen LogP contribution in [0, 0.1) is 11.8 Å². The molecule has 0 aromatic rings. The van der Waals surface area contributed by atoms with E-state index in [2.05, 4.69) is 6.92 Å². The topological polar surface area (TPSA) is 57.6 Å². The van der Waals surface area contributed by atoms with E-state index in [0.29, 0.717) is 12.5 Å². The molecule has 1 aliphatic heterocycles. The lowest BCUT2D eigenvalue weighted by atomic mass is 9.97. The number of nitrogens with zero attached hydrogens (tertiary/aromatic N) is 1. The molecule has 0 aromatic heterocycles. The molecule has 17 heavy (non-hydrogen) atoms. The second-order valence-corrected chi connectivity index (χ2v) is 5.26. The quantitative estimate of drug-likeness (QED) is 0.815. The van der Waals surface area contributed by atoms with Crippen LogP contribution in [0.1, 0.15) is 45.4 Å². The smallest absolute Gasteiger partial charge is 0.307 e. The van der Waals surface area contributed by atoms with Crippen LogP contribution in [0.4, 0.5) is 0 Å². The van der Waals surface area contributed by atoms with Gasteiger partial charge < -0.3 is 10.0 Å². The predicted molar refractivity (Wildman–Crippen MR) is 63.5 cm³/mol. The molecule has 1 N–H and O–H groups in total. The summed E-state index contributed by atoms with van der Waals surface area (Å²) in [6.45, 7) is 2.96. The first-order valence-electron chi connectivity index (χ1n) is 6.68. The van der Waals surface area contributed by atoms with E-state index in [9.17, 15) is 9.59 Å². The van der Waals surface area contributed by atoms with Gasteiger partial charge in [0.2, 0.25) is 5.91 Å². The second-order valence-electron chi connectivity index (χ2n) is 5.26. The third-order valence-electron chi connectivity index (χ3n) is 3.96. The molecule has 1 heterocycles. The van der Waals surface area contributed by atoms with Gasteiger partial charge in [-0.2, -0.15) is 0 Å². The van der Waals surface area contributed by atoms with Crippen LogP contribution in [-0.4, -0.2) is 34.5 Å². The molecule has 2 fully saturated rings. The number of piperidine rings is 1. The Morgan fingerprint density at radius 2 is 2.06 bits per heavy atom. The molecule has 0 radical (unpaired) electrons. The molecule has 1 aliphatic carbocycles. The zero-order chi connectivity index (χ0) is 12.4. The minimum Gasteiger partial charge on any atom is -0.481 e. The van der Waals surface area contributed by atoms with Gasteiger partial charge in [-0.1, -0.05) is 13.3 Å². The van der Waals surface area contributed by atoms with Gasteiger partial charge in [0.05, 0.1) is 11.8 Å². The fraction of sp³-hybridized carbons (Fsp3) is 0.846. The molecular weight excluding hydrogens is 218 g/mol. The fourth-order valence-corrected chi connectivity index (χ4v) is 2.88. The van der Waals surface area contributed by atoms with E-state index < -0.39 is 11.9 Å². The van der Waals surface area contributed by atoms with Crippen LogP contribution in [0.25, 0.3) is 0 Å². The highest BCUT2D eigenvalue weighted by Gasteiger charge is 2.50. The SMILES string of the molecule is CCCC1CCCCN1C(=O)[C@@H]1C[C@@H]1C(=O)O. The molecule has 0 aromatic carbocycles. The summed E-state index contributed by atoms with van der Waals surface area (Å²) in [4.78, 5) is 25.0. The highest BCUT2D eigenvalue weighted by atomic mass is 16.4. The van der Waals surface area contributed by atoms with Crippen molar-refractivity contribution in [2.24, 2.45) is 11.8 Å². The van der Waals surface area contributed by atoms with Gasteiger partial charge >= 0.3 is 5.97 Å². The molecule has 1 saturated carbocycles. The summed E-state index contributed by atoms with van der Waals surface area (Å²) in [7, 11) is 0. The van der Waals surface area contributed by atoms with Crippen LogP contribution < -0.4 is 0 Å². The first kappa shape index (κ1) is 12.4. The van der Waals surface area contributed by atoms with Crippen LogP contribution in [0.5, 0.6) is 0 Å². The number of amides is 1. The van der Waals surface area contributed by atoms with Gasteiger partial charge in [0.25, 0.3) is 0 Å². The second kappa shape index (κ2) is 5.07. The van der Waals surface area contributed by atoms with Crippen LogP contribution in [0.2, 0.25) is 0 Å². The molecule has 0 bridgehead atoms. The molecular formula is C13H21NO3. The number of hydrogen-bond donors (Lipinski definition) is 1. The normalized spacial score (nSPS) is 32.3. The molecule has 1 unspecified atom stereocenters. The van der Waals surface area contributed by atoms with Crippen molar-refractivity contribution in [2.75, 3.05) is 6.54 Å². The lowest BCUT2D eigenvalue weighted by molar-refractivity contribution is -0.143. The number of carbonyl (C=O) groups is 2. The van der Waals surface area contributed by atoms with E-state index in [4.69, 9.17) is 5.11 Å². The van der Waals surface area contributed by atoms with Crippen molar-refractivity contribution < 1.29 is 14.7 Å². The molecule has 4 heteroatoms. The standard InChI is InChI=1S/C13H21NO3/c1-2-5-9-6-3-4-7-14(9)12(15)10-8-11(10)13(16)17/h9-11H,2-8H2,1H3,(H,16,17)/t9?,10-,11+/m1/s1. The number of likely N-dealkylation sites (tertiary alicyclic amines) is 1. The average molecular weight is 239 g/mol. The Labute approximate surface area is 102 Å². The Balaban J connectivity index is 1.95. The number of hydrogen-bond acceptors (Lipinski definition) is 2. The first-order chi connectivity index (χ1) is 8.15. The Kier molecular flexibility index (Phi) is 3.69. The van der Waals surface area contributed by atoms with Gasteiger partial charge in [-0.25, -0.2) is 0 Å². The minimum absolute atomic E-state index is 0.0931. The predicted octanol–water partition coefficient (Wildman–Crippen LogP) is 1.89. The van der Waals surface area contributed by atoms with Gasteiger partial charge in [0.15, 0.2) is 0 Å². The van der Waals surface area contributed by atoms with Crippen LogP contribution in [-0.2, 0) is 9.59 Å². The first-order valence-corrected chi connectivity index (χ1v) is 6.68. The number of carboxylic acid groups (broad SMARTS) is 1. The molecule has 96 valence electrons. The van der Waals surface area contributed by atoms with E-state index >= 15 is 0 Å². The Hall–Kier alpha value is -1.06. The van der Waals surface area contributed by atoms with Gasteiger partial charge in [-0.3, -0.25) is 9.59 Å². The number of carbonyl (C=O) groups excluding carboxylic acids is 1. The van der Waals surface area contributed by atoms with Crippen LogP contribution >= 0.6 is 0 Å². The van der Waals surface area contributed by atoms with Gasteiger partial charge in [0, 0.05) is 12.6 Å². The van der Waals surface area contributed by atoms with Crippen molar-refractivity contribution in [3.63, 3.8) is 0 Å². The van der Waals surface area contributed by atoms with Gasteiger partial charge in [-0.15, -0.1) is 0 Å². The molecule has 0 spiro atoms. The summed E-state index contributed by atoms with van der Waals surface area (Å²) in [5, 5.41) is 8.87. The average Bonchev–Trinajstić information content (AvgIpc) is 3.09. The third kappa shape index (κ3) is 2.61. The van der Waals surface area contributed by atoms with Crippen molar-refractivity contribution >= 4 is 11.9 Å². The summed E-state index contributed by atoms with van der Waals surface area (Å²) in [5.74, 6) is -1.36. The summed E-state index contributed by atoms with van der Waals surface area (Å²) >= 11 is 0. The monoisotopic (exact) mass is 239 g/mol. The maximum Gasteiger partial charge on any atom is 0.307 e. The maximum absolute atomic E-state index is 12.2. The van der Waals surface area contributed by atoms with Gasteiger partial charge in [-0.05, 0) is 32.1 Å². The molecule has 3 atom stereocenters. The highest BCUT2D eigenvalue weighted by Crippen LogP contribution is 2.41. The van der Waals surface area contributed by atoms with E-state index in [-0.39, 0.29) is 11.8 Å². The zero-order valence-electron chi connectivity index (χ0n) is 10.4. The zero-order valence-corrected chi connectivity index (χ0v) is 10.4. The fourth-order valence-electron chi connectivity index (χ4n) is 2.88. The Morgan fingerprint density at radius 3 is 2.65 bits per heavy atom. The lowest BCUT2D eigenvalue weighted by Crippen LogP contribution is -2.44. The third-order valence-corrected chi connectivity index (χ3v) is 3.96. The maximum atomic E-state index is 12.2. The number of rotatable bonds is 4. The van der Waals surface area contributed by atoms with Crippen LogP contribution in [0.15, 0.2) is 0 Å². The summed E-state index contributed by atoms with van der Waals surface area (Å²) in [6, 6.07) is 0.358. The Morgan fingerprint density at radius 1 is 1.29 bits per heavy atom. The molecule has 2 rings (SSSR count). The highest BCUT2D eigenvalue weighted by molar-refractivity contribution is 5.89. The summed E-state index contributed by atoms with van der Waals surface area (Å²) in [6.07, 6.45) is 6.03. The van der Waals surface area contributed by atoms with E-state index in [1.807, 2.05) is 4.90 Å².